The second kappa shape index (κ2) is 5.74. The fourth-order valence-corrected chi connectivity index (χ4v) is 3.13. The molecule has 0 spiro atoms. The zero-order chi connectivity index (χ0) is 19.4. The van der Waals surface area contributed by atoms with Crippen LogP contribution in [-0.2, 0) is 5.60 Å². The molecule has 1 aromatic carbocycles. The van der Waals surface area contributed by atoms with Gasteiger partial charge in [0.15, 0.2) is 5.65 Å². The van der Waals surface area contributed by atoms with Gasteiger partial charge in [0.2, 0.25) is 0 Å². The smallest absolute Gasteiger partial charge is 0.254 e. The number of phenolic OH excluding ortho intramolecular Hbond substituents is 1. The number of pyridine rings is 1. The zero-order valence-electron chi connectivity index (χ0n) is 15.2. The number of nitrogens with two attached hydrogens (primary N) is 2. The van der Waals surface area contributed by atoms with E-state index in [0.717, 1.165) is 11.1 Å². The maximum Gasteiger partial charge on any atom is 0.254 e. The Balaban J connectivity index is 2.44. The van der Waals surface area contributed by atoms with Crippen LogP contribution >= 0.6 is 0 Å². The Hall–Kier alpha value is -3.06. The summed E-state index contributed by atoms with van der Waals surface area (Å²) >= 11 is 0. The number of nitrogens with zero attached hydrogens (tertiary/aromatic N) is 2. The van der Waals surface area contributed by atoms with Crippen LogP contribution in [-0.4, -0.2) is 25.5 Å². The Kier molecular flexibility index (Phi) is 3.92. The number of benzene rings is 1. The Morgan fingerprint density at radius 2 is 1.88 bits per heavy atom. The quantitative estimate of drug-likeness (QED) is 0.573. The van der Waals surface area contributed by atoms with Crippen LogP contribution in [0.15, 0.2) is 24.5 Å². The Morgan fingerprint density at radius 1 is 1.23 bits per heavy atom. The molecule has 3 aromatic rings. The number of aryl methyl sites for hydroxylation is 1. The average Bonchev–Trinajstić information content (AvgIpc) is 2.95. The minimum Gasteiger partial charge on any atom is -0.508 e. The number of hydrogen-bond acceptors (Lipinski definition) is 5. The van der Waals surface area contributed by atoms with Crippen molar-refractivity contribution in [3.63, 3.8) is 0 Å². The van der Waals surface area contributed by atoms with E-state index in [1.54, 1.807) is 49.7 Å². The largest absolute Gasteiger partial charge is 0.508 e. The average molecular weight is 354 g/mol. The van der Waals surface area contributed by atoms with Gasteiger partial charge in [0.25, 0.3) is 5.91 Å². The van der Waals surface area contributed by atoms with E-state index in [9.17, 15) is 15.0 Å². The molecule has 26 heavy (non-hydrogen) atoms. The minimum absolute atomic E-state index is 0.0835. The Labute approximate surface area is 150 Å². The lowest BCUT2D eigenvalue weighted by molar-refractivity contribution is 0.0744. The van der Waals surface area contributed by atoms with Crippen molar-refractivity contribution < 1.29 is 15.0 Å². The topological polar surface area (TPSA) is 127 Å². The van der Waals surface area contributed by atoms with Gasteiger partial charge < -0.3 is 26.1 Å². The molecule has 2 heterocycles. The fourth-order valence-electron chi connectivity index (χ4n) is 3.13. The third-order valence-electron chi connectivity index (χ3n) is 4.57. The molecule has 0 bridgehead atoms. The maximum absolute atomic E-state index is 12.1. The molecule has 2 aromatic heterocycles. The number of aliphatic hydroxyl groups is 1. The number of amides is 1. The fraction of sp³-hybridized carbons (Fsp3) is 0.263. The Morgan fingerprint density at radius 3 is 2.46 bits per heavy atom. The highest BCUT2D eigenvalue weighted by Crippen LogP contribution is 2.38. The number of phenols is 1. The SMILES string of the molecule is Cc1ccc(O)c(C)c1-c1cn2cc(C(C)(C)O)nc2c(C(N)=O)c1N. The van der Waals surface area contributed by atoms with E-state index in [1.165, 1.54) is 0 Å². The summed E-state index contributed by atoms with van der Waals surface area (Å²) in [6.45, 7) is 6.88. The van der Waals surface area contributed by atoms with Crippen molar-refractivity contribution in [2.75, 3.05) is 5.73 Å². The lowest BCUT2D eigenvalue weighted by Crippen LogP contribution is -2.17. The van der Waals surface area contributed by atoms with Crippen LogP contribution in [0.25, 0.3) is 16.8 Å². The second-order valence-corrected chi connectivity index (χ2v) is 7.01. The van der Waals surface area contributed by atoms with Gasteiger partial charge in [-0.15, -0.1) is 0 Å². The number of primary amides is 1. The molecule has 0 radical (unpaired) electrons. The molecule has 7 heteroatoms. The summed E-state index contributed by atoms with van der Waals surface area (Å²) in [5.41, 5.74) is 14.5. The number of nitrogen functional groups attached to an aromatic ring is 1. The predicted molar refractivity (Wildman–Crippen MR) is 99.9 cm³/mol. The van der Waals surface area contributed by atoms with Crippen LogP contribution in [0, 0.1) is 13.8 Å². The molecule has 6 N–H and O–H groups in total. The number of carbonyl (C=O) groups is 1. The molecule has 7 nitrogen and oxygen atoms in total. The highest BCUT2D eigenvalue weighted by atomic mass is 16.3. The molecule has 0 atom stereocenters. The summed E-state index contributed by atoms with van der Waals surface area (Å²) in [7, 11) is 0. The number of imidazole rings is 1. The van der Waals surface area contributed by atoms with Gasteiger partial charge >= 0.3 is 0 Å². The molecule has 0 unspecified atom stereocenters. The number of aromatic nitrogens is 2. The van der Waals surface area contributed by atoms with Crippen LogP contribution in [0.1, 0.15) is 41.0 Å². The van der Waals surface area contributed by atoms with Crippen LogP contribution in [0.3, 0.4) is 0 Å². The van der Waals surface area contributed by atoms with Crippen LogP contribution in [0.5, 0.6) is 5.75 Å². The molecule has 0 aliphatic carbocycles. The van der Waals surface area contributed by atoms with Gasteiger partial charge in [0.1, 0.15) is 16.9 Å². The van der Waals surface area contributed by atoms with Crippen molar-refractivity contribution in [3.8, 4) is 16.9 Å². The van der Waals surface area contributed by atoms with E-state index >= 15 is 0 Å². The highest BCUT2D eigenvalue weighted by Gasteiger charge is 2.25. The van der Waals surface area contributed by atoms with Gasteiger partial charge in [-0.25, -0.2) is 4.98 Å². The third kappa shape index (κ3) is 2.66. The van der Waals surface area contributed by atoms with Crippen molar-refractivity contribution in [2.24, 2.45) is 5.73 Å². The molecule has 0 fully saturated rings. The molecular formula is C19H22N4O3. The minimum atomic E-state index is -1.19. The van der Waals surface area contributed by atoms with E-state index < -0.39 is 11.5 Å². The van der Waals surface area contributed by atoms with Gasteiger partial charge in [0.05, 0.1) is 11.4 Å². The first-order chi connectivity index (χ1) is 12.0. The first-order valence-electron chi connectivity index (χ1n) is 8.15. The molecule has 3 rings (SSSR count). The third-order valence-corrected chi connectivity index (χ3v) is 4.57. The van der Waals surface area contributed by atoms with Gasteiger partial charge in [-0.1, -0.05) is 6.07 Å². The lowest BCUT2D eigenvalue weighted by atomic mass is 9.93. The molecule has 0 saturated heterocycles. The highest BCUT2D eigenvalue weighted by molar-refractivity contribution is 6.07. The van der Waals surface area contributed by atoms with Crippen LogP contribution < -0.4 is 11.5 Å². The van der Waals surface area contributed by atoms with Crippen molar-refractivity contribution in [3.05, 3.63) is 46.9 Å². The lowest BCUT2D eigenvalue weighted by Gasteiger charge is -2.16. The molecule has 1 amide bonds. The van der Waals surface area contributed by atoms with Gasteiger partial charge in [-0.2, -0.15) is 0 Å². The summed E-state index contributed by atoms with van der Waals surface area (Å²) in [5.74, 6) is -0.578. The number of rotatable bonds is 3. The van der Waals surface area contributed by atoms with E-state index in [4.69, 9.17) is 11.5 Å². The van der Waals surface area contributed by atoms with Gasteiger partial charge in [0, 0.05) is 18.0 Å². The van der Waals surface area contributed by atoms with Gasteiger partial charge in [-0.05, 0) is 50.5 Å². The number of aromatic hydroxyl groups is 1. The maximum atomic E-state index is 12.1. The van der Waals surface area contributed by atoms with Crippen LogP contribution in [0.4, 0.5) is 5.69 Å². The molecule has 0 aliphatic rings. The van der Waals surface area contributed by atoms with Crippen molar-refractivity contribution >= 4 is 17.2 Å². The summed E-state index contributed by atoms with van der Waals surface area (Å²) in [6, 6.07) is 3.39. The van der Waals surface area contributed by atoms with E-state index in [1.807, 2.05) is 6.92 Å². The molecule has 0 saturated carbocycles. The summed E-state index contributed by atoms with van der Waals surface area (Å²) in [5, 5.41) is 20.3. The van der Waals surface area contributed by atoms with Crippen molar-refractivity contribution in [2.45, 2.75) is 33.3 Å². The summed E-state index contributed by atoms with van der Waals surface area (Å²) < 4.78 is 1.63. The standard InChI is InChI=1S/C19H22N4O3/c1-9-5-6-12(24)10(2)14(9)11-7-23-8-13(19(3,4)26)22-18(23)15(16(11)20)17(21)25/h5-8,24,26H,20H2,1-4H3,(H2,21,25). The summed E-state index contributed by atoms with van der Waals surface area (Å²) in [4.78, 5) is 16.4. The number of hydrogen-bond donors (Lipinski definition) is 4. The van der Waals surface area contributed by atoms with Gasteiger partial charge in [-0.3, -0.25) is 4.79 Å². The predicted octanol–water partition coefficient (Wildman–Crippen LogP) is 2.23. The summed E-state index contributed by atoms with van der Waals surface area (Å²) in [6.07, 6.45) is 3.37. The number of fused-ring (bicyclic) bond motifs is 1. The van der Waals surface area contributed by atoms with Crippen molar-refractivity contribution in [1.29, 1.82) is 0 Å². The second-order valence-electron chi connectivity index (χ2n) is 7.01. The molecule has 0 aliphatic heterocycles. The first-order valence-corrected chi connectivity index (χ1v) is 8.15. The monoisotopic (exact) mass is 354 g/mol. The normalized spacial score (nSPS) is 11.9. The number of anilines is 1. The van der Waals surface area contributed by atoms with E-state index in [-0.39, 0.29) is 22.6 Å². The van der Waals surface area contributed by atoms with E-state index in [0.29, 0.717) is 16.8 Å². The first kappa shape index (κ1) is 17.8. The number of carbonyl (C=O) groups excluding carboxylic acids is 1. The van der Waals surface area contributed by atoms with Crippen molar-refractivity contribution in [1.82, 2.24) is 9.38 Å². The van der Waals surface area contributed by atoms with Crippen LogP contribution in [0.2, 0.25) is 0 Å². The van der Waals surface area contributed by atoms with E-state index in [2.05, 4.69) is 4.98 Å². The zero-order valence-corrected chi connectivity index (χ0v) is 15.2. The molecule has 136 valence electrons. The molecular weight excluding hydrogens is 332 g/mol. The Bertz CT molecular complexity index is 1050.